The summed E-state index contributed by atoms with van der Waals surface area (Å²) in [6.45, 7) is 7.98. The highest BCUT2D eigenvalue weighted by Gasteiger charge is 2.24. The van der Waals surface area contributed by atoms with Crippen LogP contribution in [0.5, 0.6) is 17.2 Å². The van der Waals surface area contributed by atoms with E-state index in [4.69, 9.17) is 30.8 Å². The van der Waals surface area contributed by atoms with Gasteiger partial charge in [-0.2, -0.15) is 0 Å². The Morgan fingerprint density at radius 2 is 1.83 bits per heavy atom. The van der Waals surface area contributed by atoms with Crippen molar-refractivity contribution in [2.75, 3.05) is 58.7 Å². The average Bonchev–Trinajstić information content (AvgIpc) is 3.14. The van der Waals surface area contributed by atoms with Crippen molar-refractivity contribution in [3.63, 3.8) is 0 Å². The Bertz CT molecular complexity index is 1470. The number of benzene rings is 2. The number of fused-ring (bicyclic) bond motifs is 1. The molecule has 0 unspecified atom stereocenters. The number of pyridine rings is 1. The van der Waals surface area contributed by atoms with Gasteiger partial charge in [-0.3, -0.25) is 4.72 Å². The summed E-state index contributed by atoms with van der Waals surface area (Å²) in [4.78, 5) is 9.29. The molecule has 0 saturated carbocycles. The van der Waals surface area contributed by atoms with Crippen molar-refractivity contribution in [2.45, 2.75) is 38.2 Å². The molecule has 41 heavy (non-hydrogen) atoms. The van der Waals surface area contributed by atoms with E-state index < -0.39 is 10.0 Å². The molecule has 0 fully saturated rings. The van der Waals surface area contributed by atoms with E-state index in [9.17, 15) is 8.42 Å². The first-order valence-corrected chi connectivity index (χ1v) is 15.6. The molecule has 0 bridgehead atoms. The number of nitrogens with one attached hydrogen (secondary N) is 1. The Hall–Kier alpha value is -3.05. The maximum absolute atomic E-state index is 13.5. The van der Waals surface area contributed by atoms with E-state index in [-0.39, 0.29) is 17.3 Å². The van der Waals surface area contributed by atoms with Gasteiger partial charge < -0.3 is 24.0 Å². The number of halogens is 1. The summed E-state index contributed by atoms with van der Waals surface area (Å²) in [5.41, 5.74) is 3.24. The van der Waals surface area contributed by atoms with Gasteiger partial charge in [-0.25, -0.2) is 13.4 Å². The van der Waals surface area contributed by atoms with E-state index in [0.717, 1.165) is 55.8 Å². The first-order valence-electron chi connectivity index (χ1n) is 13.7. The standard InChI is InChI=1S/C30H39ClN4O5S/c1-6-35-14-12-23-19-28(40-20-22-10-11-26(38-5)27(18-22)39-17-16-34(3)4)30(32-25(23)13-15-35)33-41(36,37)29-9-7-8-24(31)21(29)2/h7-11,18-19H,6,12-17,20H2,1-5H3,(H,32,33). The van der Waals surface area contributed by atoms with Gasteiger partial charge in [0.1, 0.15) is 13.2 Å². The maximum atomic E-state index is 13.5. The lowest BCUT2D eigenvalue weighted by Gasteiger charge is -2.18. The minimum absolute atomic E-state index is 0.0968. The van der Waals surface area contributed by atoms with Gasteiger partial charge in [-0.05, 0) is 81.0 Å². The highest BCUT2D eigenvalue weighted by molar-refractivity contribution is 7.92. The summed E-state index contributed by atoms with van der Waals surface area (Å²) < 4.78 is 47.4. The minimum Gasteiger partial charge on any atom is -0.493 e. The van der Waals surface area contributed by atoms with E-state index in [2.05, 4.69) is 16.5 Å². The molecule has 4 rings (SSSR count). The van der Waals surface area contributed by atoms with Crippen molar-refractivity contribution in [1.29, 1.82) is 0 Å². The first kappa shape index (κ1) is 30.9. The van der Waals surface area contributed by atoms with Crippen LogP contribution >= 0.6 is 11.6 Å². The normalized spacial score (nSPS) is 13.9. The largest absolute Gasteiger partial charge is 0.493 e. The maximum Gasteiger partial charge on any atom is 0.263 e. The molecule has 2 heterocycles. The zero-order chi connectivity index (χ0) is 29.6. The molecular formula is C30H39ClN4O5S. The molecule has 0 saturated heterocycles. The van der Waals surface area contributed by atoms with Gasteiger partial charge in [0.15, 0.2) is 23.1 Å². The predicted octanol–water partition coefficient (Wildman–Crippen LogP) is 4.79. The molecule has 11 heteroatoms. The van der Waals surface area contributed by atoms with E-state index in [1.165, 1.54) is 6.07 Å². The lowest BCUT2D eigenvalue weighted by Crippen LogP contribution is -2.25. The summed E-state index contributed by atoms with van der Waals surface area (Å²) in [6.07, 6.45) is 1.53. The molecule has 0 atom stereocenters. The van der Waals surface area contributed by atoms with Crippen LogP contribution < -0.4 is 18.9 Å². The Morgan fingerprint density at radius 1 is 1.05 bits per heavy atom. The van der Waals surface area contributed by atoms with Crippen LogP contribution in [0, 0.1) is 6.92 Å². The lowest BCUT2D eigenvalue weighted by molar-refractivity contribution is 0.249. The highest BCUT2D eigenvalue weighted by atomic mass is 35.5. The smallest absolute Gasteiger partial charge is 0.263 e. The number of likely N-dealkylation sites (N-methyl/N-ethyl adjacent to an activating group) is 2. The van der Waals surface area contributed by atoms with Crippen molar-refractivity contribution in [3.8, 4) is 17.2 Å². The van der Waals surface area contributed by atoms with Gasteiger partial charge in [0, 0.05) is 36.8 Å². The topological polar surface area (TPSA) is 93.2 Å². The number of sulfonamides is 1. The molecule has 1 aliphatic heterocycles. The van der Waals surface area contributed by atoms with Crippen LogP contribution in [-0.4, -0.2) is 77.2 Å². The second-order valence-electron chi connectivity index (χ2n) is 10.3. The molecule has 0 amide bonds. The third-order valence-corrected chi connectivity index (χ3v) is 9.02. The highest BCUT2D eigenvalue weighted by Crippen LogP contribution is 2.33. The molecule has 1 aliphatic rings. The molecule has 0 aliphatic carbocycles. The number of aromatic nitrogens is 1. The number of rotatable bonds is 12. The number of methoxy groups -OCH3 is 1. The Labute approximate surface area is 248 Å². The second-order valence-corrected chi connectivity index (χ2v) is 12.3. The molecule has 3 aromatic rings. The van der Waals surface area contributed by atoms with Gasteiger partial charge in [-0.1, -0.05) is 30.7 Å². The summed E-state index contributed by atoms with van der Waals surface area (Å²) in [7, 11) is 1.59. The van der Waals surface area contributed by atoms with Crippen LogP contribution in [0.15, 0.2) is 47.4 Å². The molecule has 0 spiro atoms. The van der Waals surface area contributed by atoms with Crippen molar-refractivity contribution < 1.29 is 22.6 Å². The summed E-state index contributed by atoms with van der Waals surface area (Å²) >= 11 is 6.23. The average molecular weight is 603 g/mol. The molecule has 222 valence electrons. The first-order chi connectivity index (χ1) is 19.6. The third-order valence-electron chi connectivity index (χ3n) is 7.12. The van der Waals surface area contributed by atoms with E-state index in [1.807, 2.05) is 43.3 Å². The molecule has 2 aromatic carbocycles. The molecule has 1 aromatic heterocycles. The Kier molecular flexibility index (Phi) is 10.4. The van der Waals surface area contributed by atoms with Crippen LogP contribution in [-0.2, 0) is 29.5 Å². The van der Waals surface area contributed by atoms with Crippen molar-refractivity contribution in [1.82, 2.24) is 14.8 Å². The number of hydrogen-bond donors (Lipinski definition) is 1. The molecular weight excluding hydrogens is 564 g/mol. The zero-order valence-electron chi connectivity index (χ0n) is 24.4. The van der Waals surface area contributed by atoms with E-state index in [1.54, 1.807) is 26.2 Å². The van der Waals surface area contributed by atoms with Gasteiger partial charge in [0.05, 0.1) is 12.0 Å². The summed E-state index contributed by atoms with van der Waals surface area (Å²) in [6, 6.07) is 12.3. The van der Waals surface area contributed by atoms with Crippen molar-refractivity contribution in [3.05, 3.63) is 69.9 Å². The fraction of sp³-hybridized carbons (Fsp3) is 0.433. The third kappa shape index (κ3) is 7.82. The molecule has 0 radical (unpaired) electrons. The van der Waals surface area contributed by atoms with E-state index >= 15 is 0 Å². The van der Waals surface area contributed by atoms with Crippen molar-refractivity contribution >= 4 is 27.4 Å². The lowest BCUT2D eigenvalue weighted by atomic mass is 10.1. The van der Waals surface area contributed by atoms with Gasteiger partial charge >= 0.3 is 0 Å². The van der Waals surface area contributed by atoms with Crippen LogP contribution in [0.4, 0.5) is 5.82 Å². The van der Waals surface area contributed by atoms with Crippen LogP contribution in [0.2, 0.25) is 5.02 Å². The monoisotopic (exact) mass is 602 g/mol. The van der Waals surface area contributed by atoms with E-state index in [0.29, 0.717) is 34.4 Å². The Balaban J connectivity index is 1.64. The van der Waals surface area contributed by atoms with Crippen molar-refractivity contribution in [2.24, 2.45) is 0 Å². The van der Waals surface area contributed by atoms with Gasteiger partial charge in [0.25, 0.3) is 10.0 Å². The van der Waals surface area contributed by atoms with Crippen LogP contribution in [0.1, 0.15) is 29.3 Å². The quantitative estimate of drug-likeness (QED) is 0.316. The van der Waals surface area contributed by atoms with Crippen LogP contribution in [0.3, 0.4) is 0 Å². The Morgan fingerprint density at radius 3 is 2.56 bits per heavy atom. The van der Waals surface area contributed by atoms with Crippen LogP contribution in [0.25, 0.3) is 0 Å². The van der Waals surface area contributed by atoms with Gasteiger partial charge in [-0.15, -0.1) is 0 Å². The molecule has 1 N–H and O–H groups in total. The molecule has 9 nitrogen and oxygen atoms in total. The minimum atomic E-state index is -3.98. The fourth-order valence-corrected chi connectivity index (χ4v) is 6.15. The number of ether oxygens (including phenoxy) is 3. The number of anilines is 1. The summed E-state index contributed by atoms with van der Waals surface area (Å²) in [5.74, 6) is 1.77. The zero-order valence-corrected chi connectivity index (χ0v) is 25.9. The van der Waals surface area contributed by atoms with Gasteiger partial charge in [0.2, 0.25) is 0 Å². The summed E-state index contributed by atoms with van der Waals surface area (Å²) in [5, 5.41) is 0.377. The number of hydrogen-bond acceptors (Lipinski definition) is 8. The SMILES string of the molecule is CCN1CCc2cc(OCc3ccc(OC)c(OCCN(C)C)c3)c(NS(=O)(=O)c3cccc(Cl)c3C)nc2CC1. The predicted molar refractivity (Wildman–Crippen MR) is 162 cm³/mol. The number of nitrogens with zero attached hydrogens (tertiary/aromatic N) is 3. The second kappa shape index (κ2) is 13.7. The fourth-order valence-electron chi connectivity index (χ4n) is 4.64.